The number of aliphatic carboxylic acids is 1. The summed E-state index contributed by atoms with van der Waals surface area (Å²) < 4.78 is 2.02. The molecule has 0 saturated carbocycles. The van der Waals surface area contributed by atoms with E-state index in [2.05, 4.69) is 15.3 Å². The van der Waals surface area contributed by atoms with Crippen molar-refractivity contribution in [2.24, 2.45) is 0 Å². The van der Waals surface area contributed by atoms with E-state index in [4.69, 9.17) is 5.11 Å². The van der Waals surface area contributed by atoms with Crippen molar-refractivity contribution < 1.29 is 9.90 Å². The fraction of sp³-hybridized carbons (Fsp3) is 0.308. The molecule has 6 nitrogen and oxygen atoms in total. The van der Waals surface area contributed by atoms with Gasteiger partial charge in [0.2, 0.25) is 0 Å². The second kappa shape index (κ2) is 4.81. The van der Waals surface area contributed by atoms with Crippen molar-refractivity contribution in [1.29, 1.82) is 0 Å². The Hall–Kier alpha value is -2.21. The van der Waals surface area contributed by atoms with Gasteiger partial charge in [-0.15, -0.1) is 0 Å². The van der Waals surface area contributed by atoms with Crippen molar-refractivity contribution in [2.75, 3.05) is 0 Å². The molecule has 98 valence electrons. The monoisotopic (exact) mass is 258 g/mol. The molecule has 2 aromatic heterocycles. The number of fused-ring (bicyclic) bond motifs is 1. The molecule has 1 unspecified atom stereocenters. The smallest absolute Gasteiger partial charge is 0.321 e. The molecule has 1 atom stereocenters. The minimum atomic E-state index is -0.829. The van der Waals surface area contributed by atoms with Crippen LogP contribution in [-0.2, 0) is 24.3 Å². The molecule has 0 saturated heterocycles. The first-order valence-corrected chi connectivity index (χ1v) is 6.13. The lowest BCUT2D eigenvalue weighted by atomic mass is 10.1. The molecule has 19 heavy (non-hydrogen) atoms. The molecule has 0 aromatic carbocycles. The highest BCUT2D eigenvalue weighted by Gasteiger charge is 2.26. The summed E-state index contributed by atoms with van der Waals surface area (Å²) in [5.74, 6) is -0.829. The summed E-state index contributed by atoms with van der Waals surface area (Å²) in [6.07, 6.45) is 3.95. The van der Waals surface area contributed by atoms with Gasteiger partial charge in [0.15, 0.2) is 0 Å². The van der Waals surface area contributed by atoms with Gasteiger partial charge in [0.1, 0.15) is 6.04 Å². The van der Waals surface area contributed by atoms with Gasteiger partial charge in [0.25, 0.3) is 0 Å². The number of pyridine rings is 1. The number of aromatic nitrogens is 3. The molecule has 2 aromatic rings. The van der Waals surface area contributed by atoms with E-state index in [-0.39, 0.29) is 0 Å². The Morgan fingerprint density at radius 3 is 3.11 bits per heavy atom. The van der Waals surface area contributed by atoms with Crippen LogP contribution in [0.5, 0.6) is 0 Å². The number of hydrogen-bond acceptors (Lipinski definition) is 4. The summed E-state index contributed by atoms with van der Waals surface area (Å²) in [5, 5.41) is 12.0. The number of imidazole rings is 1. The van der Waals surface area contributed by atoms with Crippen LogP contribution in [0.2, 0.25) is 0 Å². The minimum Gasteiger partial charge on any atom is -0.480 e. The Kier molecular flexibility index (Phi) is 3.00. The van der Waals surface area contributed by atoms with Crippen molar-refractivity contribution >= 4 is 5.97 Å². The standard InChI is InChI=1S/C13H14N4O2/c18-13(19)11-5-10-12(6-15-11)17(8-16-10)7-9-3-1-2-4-14-9/h1-4,8,11,15H,5-7H2,(H,18,19). The van der Waals surface area contributed by atoms with Gasteiger partial charge in [-0.25, -0.2) is 4.98 Å². The number of carboxylic acid groups (broad SMARTS) is 1. The zero-order valence-electron chi connectivity index (χ0n) is 10.3. The highest BCUT2D eigenvalue weighted by atomic mass is 16.4. The molecule has 6 heteroatoms. The Morgan fingerprint density at radius 2 is 2.37 bits per heavy atom. The van der Waals surface area contributed by atoms with Crippen molar-refractivity contribution in [1.82, 2.24) is 19.9 Å². The van der Waals surface area contributed by atoms with Gasteiger partial charge in [-0.2, -0.15) is 0 Å². The molecule has 0 bridgehead atoms. The molecule has 0 spiro atoms. The molecule has 1 aliphatic rings. The number of nitrogens with one attached hydrogen (secondary N) is 1. The molecule has 2 N–H and O–H groups in total. The minimum absolute atomic E-state index is 0.430. The van der Waals surface area contributed by atoms with E-state index in [0.29, 0.717) is 19.5 Å². The van der Waals surface area contributed by atoms with E-state index in [0.717, 1.165) is 17.1 Å². The van der Waals surface area contributed by atoms with Crippen LogP contribution in [0.1, 0.15) is 17.1 Å². The molecule has 0 fully saturated rings. The second-order valence-electron chi connectivity index (χ2n) is 4.56. The van der Waals surface area contributed by atoms with E-state index in [1.807, 2.05) is 22.8 Å². The summed E-state index contributed by atoms with van der Waals surface area (Å²) in [5.41, 5.74) is 2.87. The van der Waals surface area contributed by atoms with Crippen molar-refractivity contribution in [3.63, 3.8) is 0 Å². The van der Waals surface area contributed by atoms with Crippen LogP contribution in [0.3, 0.4) is 0 Å². The maximum absolute atomic E-state index is 11.0. The first kappa shape index (κ1) is 11.9. The Labute approximate surface area is 110 Å². The second-order valence-corrected chi connectivity index (χ2v) is 4.56. The maximum Gasteiger partial charge on any atom is 0.321 e. The molecule has 3 rings (SSSR count). The highest BCUT2D eigenvalue weighted by Crippen LogP contribution is 2.16. The fourth-order valence-corrected chi connectivity index (χ4v) is 2.29. The average Bonchev–Trinajstić information content (AvgIpc) is 2.82. The van der Waals surface area contributed by atoms with Crippen LogP contribution in [-0.4, -0.2) is 31.7 Å². The molecule has 0 aliphatic carbocycles. The third kappa shape index (κ3) is 2.34. The summed E-state index contributed by atoms with van der Waals surface area (Å²) in [4.78, 5) is 19.6. The molecule has 0 amide bonds. The van der Waals surface area contributed by atoms with Crippen LogP contribution < -0.4 is 5.32 Å². The van der Waals surface area contributed by atoms with E-state index >= 15 is 0 Å². The summed E-state index contributed by atoms with van der Waals surface area (Å²) in [7, 11) is 0. The molecule has 3 heterocycles. The van der Waals surface area contributed by atoms with Gasteiger partial charge in [0.05, 0.1) is 30.0 Å². The van der Waals surface area contributed by atoms with Crippen LogP contribution >= 0.6 is 0 Å². The van der Waals surface area contributed by atoms with Crippen LogP contribution in [0.4, 0.5) is 0 Å². The predicted octanol–water partition coefficient (Wildman–Crippen LogP) is 0.425. The number of nitrogens with zero attached hydrogens (tertiary/aromatic N) is 3. The van der Waals surface area contributed by atoms with Gasteiger partial charge in [-0.05, 0) is 12.1 Å². The zero-order valence-corrected chi connectivity index (χ0v) is 10.3. The third-order valence-corrected chi connectivity index (χ3v) is 3.30. The van der Waals surface area contributed by atoms with Gasteiger partial charge >= 0.3 is 5.97 Å². The third-order valence-electron chi connectivity index (χ3n) is 3.30. The van der Waals surface area contributed by atoms with Gasteiger partial charge in [-0.3, -0.25) is 15.1 Å². The number of carbonyl (C=O) groups is 1. The van der Waals surface area contributed by atoms with Crippen LogP contribution in [0, 0.1) is 0 Å². The maximum atomic E-state index is 11.0. The van der Waals surface area contributed by atoms with Gasteiger partial charge in [-0.1, -0.05) is 6.07 Å². The first-order valence-electron chi connectivity index (χ1n) is 6.13. The van der Waals surface area contributed by atoms with Gasteiger partial charge < -0.3 is 9.67 Å². The molecule has 1 aliphatic heterocycles. The Balaban J connectivity index is 1.81. The molecule has 0 radical (unpaired) electrons. The quantitative estimate of drug-likeness (QED) is 0.834. The summed E-state index contributed by atoms with van der Waals surface area (Å²) in [6.45, 7) is 1.18. The SMILES string of the molecule is O=C(O)C1Cc2ncn(Cc3ccccn3)c2CN1. The average molecular weight is 258 g/mol. The van der Waals surface area contributed by atoms with E-state index in [1.165, 1.54) is 0 Å². The zero-order chi connectivity index (χ0) is 13.2. The highest BCUT2D eigenvalue weighted by molar-refractivity contribution is 5.74. The lowest BCUT2D eigenvalue weighted by Crippen LogP contribution is -2.42. The summed E-state index contributed by atoms with van der Waals surface area (Å²) in [6, 6.07) is 5.25. The van der Waals surface area contributed by atoms with Crippen molar-refractivity contribution in [3.05, 3.63) is 47.8 Å². The first-order chi connectivity index (χ1) is 9.24. The normalized spacial score (nSPS) is 18.0. The van der Waals surface area contributed by atoms with Crippen molar-refractivity contribution in [3.8, 4) is 0 Å². The number of hydrogen-bond donors (Lipinski definition) is 2. The lowest BCUT2D eigenvalue weighted by molar-refractivity contribution is -0.139. The van der Waals surface area contributed by atoms with Crippen LogP contribution in [0.25, 0.3) is 0 Å². The lowest BCUT2D eigenvalue weighted by Gasteiger charge is -2.21. The summed E-state index contributed by atoms with van der Waals surface area (Å²) >= 11 is 0. The van der Waals surface area contributed by atoms with Crippen molar-refractivity contribution in [2.45, 2.75) is 25.6 Å². The Morgan fingerprint density at radius 1 is 1.47 bits per heavy atom. The van der Waals surface area contributed by atoms with Gasteiger partial charge in [0, 0.05) is 19.2 Å². The number of rotatable bonds is 3. The predicted molar refractivity (Wildman–Crippen MR) is 67.5 cm³/mol. The molecular formula is C13H14N4O2. The Bertz CT molecular complexity index is 594. The number of carboxylic acids is 1. The van der Waals surface area contributed by atoms with E-state index < -0.39 is 12.0 Å². The molecular weight excluding hydrogens is 244 g/mol. The topological polar surface area (TPSA) is 80.0 Å². The largest absolute Gasteiger partial charge is 0.480 e. The van der Waals surface area contributed by atoms with E-state index in [9.17, 15) is 4.79 Å². The van der Waals surface area contributed by atoms with Crippen LogP contribution in [0.15, 0.2) is 30.7 Å². The fourth-order valence-electron chi connectivity index (χ4n) is 2.29. The van der Waals surface area contributed by atoms with E-state index in [1.54, 1.807) is 12.5 Å².